The second-order valence-corrected chi connectivity index (χ2v) is 11.3. The molecule has 2 aliphatic heterocycles. The number of piperazine rings is 1. The van der Waals surface area contributed by atoms with E-state index < -0.39 is 5.41 Å². The second kappa shape index (κ2) is 10.7. The van der Waals surface area contributed by atoms with Crippen molar-refractivity contribution in [2.45, 2.75) is 18.3 Å². The number of piperidine rings is 1. The van der Waals surface area contributed by atoms with Crippen molar-refractivity contribution >= 4 is 34.6 Å². The van der Waals surface area contributed by atoms with Crippen LogP contribution in [0.2, 0.25) is 0 Å². The van der Waals surface area contributed by atoms with E-state index in [-0.39, 0.29) is 11.7 Å². The summed E-state index contributed by atoms with van der Waals surface area (Å²) in [5.74, 6) is -0.439. The van der Waals surface area contributed by atoms with Gasteiger partial charge in [0.25, 0.3) is 5.91 Å². The highest BCUT2D eigenvalue weighted by atomic mass is 32.2. The standard InChI is InChI=1S/C28H31FN6OS/c1-32(2)37-35-16-14-34(15-17-35)27(36)24-19-31-25-9-8-22(29)18-23(25)26(24)33-12-10-28(20-30,11-13-33)21-6-4-3-5-7-21/h3-9,18-19H,10-17H2,1-2H3. The zero-order chi connectivity index (χ0) is 26.0. The Kier molecular flexibility index (Phi) is 7.33. The van der Waals surface area contributed by atoms with E-state index in [1.165, 1.54) is 12.1 Å². The number of aromatic nitrogens is 1. The van der Waals surface area contributed by atoms with Crippen molar-refractivity contribution in [2.75, 3.05) is 58.3 Å². The molecule has 1 aromatic heterocycles. The highest BCUT2D eigenvalue weighted by Gasteiger charge is 2.38. The molecule has 0 bridgehead atoms. The van der Waals surface area contributed by atoms with E-state index in [4.69, 9.17) is 0 Å². The Labute approximate surface area is 221 Å². The molecular formula is C28H31FN6OS. The summed E-state index contributed by atoms with van der Waals surface area (Å²) in [4.78, 5) is 22.3. The number of nitriles is 1. The normalized spacial score (nSPS) is 18.2. The third-order valence-electron chi connectivity index (χ3n) is 7.31. The summed E-state index contributed by atoms with van der Waals surface area (Å²) in [6.07, 6.45) is 2.89. The van der Waals surface area contributed by atoms with Gasteiger partial charge in [0, 0.05) is 63.0 Å². The molecule has 192 valence electrons. The molecule has 1 amide bonds. The summed E-state index contributed by atoms with van der Waals surface area (Å²) >= 11 is 1.65. The Hall–Kier alpha value is -3.19. The van der Waals surface area contributed by atoms with Crippen LogP contribution in [-0.2, 0) is 5.41 Å². The summed E-state index contributed by atoms with van der Waals surface area (Å²) in [5, 5.41) is 10.8. The topological polar surface area (TPSA) is 66.7 Å². The van der Waals surface area contributed by atoms with Crippen LogP contribution in [0.5, 0.6) is 0 Å². The lowest BCUT2D eigenvalue weighted by Gasteiger charge is -2.40. The average molecular weight is 519 g/mol. The van der Waals surface area contributed by atoms with Gasteiger partial charge in [0.1, 0.15) is 5.82 Å². The van der Waals surface area contributed by atoms with Gasteiger partial charge in [0.2, 0.25) is 0 Å². The largest absolute Gasteiger partial charge is 0.370 e. The lowest BCUT2D eigenvalue weighted by atomic mass is 9.74. The number of carbonyl (C=O) groups excluding carboxylic acids is 1. The quantitative estimate of drug-likeness (QED) is 0.466. The Morgan fingerprint density at radius 1 is 1.05 bits per heavy atom. The minimum atomic E-state index is -0.573. The van der Waals surface area contributed by atoms with Crippen LogP contribution in [-0.4, -0.2) is 77.8 Å². The van der Waals surface area contributed by atoms with Crippen molar-refractivity contribution in [1.82, 2.24) is 18.5 Å². The maximum atomic E-state index is 14.4. The SMILES string of the molecule is CN(C)SN1CCN(C(=O)c2cnc3ccc(F)cc3c2N2CCC(C#N)(c3ccccc3)CC2)CC1. The molecule has 0 saturated carbocycles. The van der Waals surface area contributed by atoms with Crippen LogP contribution in [0.4, 0.5) is 10.1 Å². The number of halogens is 1. The average Bonchev–Trinajstić information content (AvgIpc) is 2.92. The van der Waals surface area contributed by atoms with Crippen LogP contribution in [0, 0.1) is 17.1 Å². The maximum Gasteiger partial charge on any atom is 0.257 e. The minimum absolute atomic E-state index is 0.0802. The summed E-state index contributed by atoms with van der Waals surface area (Å²) in [6, 6.07) is 17.0. The molecule has 0 atom stereocenters. The smallest absolute Gasteiger partial charge is 0.257 e. The van der Waals surface area contributed by atoms with E-state index in [1.54, 1.807) is 24.4 Å². The fraction of sp³-hybridized carbons (Fsp3) is 0.393. The van der Waals surface area contributed by atoms with Crippen LogP contribution in [0.15, 0.2) is 54.7 Å². The van der Waals surface area contributed by atoms with E-state index in [0.717, 1.165) is 24.3 Å². The fourth-order valence-electron chi connectivity index (χ4n) is 5.36. The van der Waals surface area contributed by atoms with Gasteiger partial charge in [0.05, 0.1) is 28.3 Å². The number of pyridine rings is 1. The predicted molar refractivity (Wildman–Crippen MR) is 146 cm³/mol. The third-order valence-corrected chi connectivity index (χ3v) is 8.23. The van der Waals surface area contributed by atoms with Crippen LogP contribution in [0.25, 0.3) is 10.9 Å². The number of hydrogen-bond donors (Lipinski definition) is 0. The van der Waals surface area contributed by atoms with Crippen molar-refractivity contribution in [3.05, 3.63) is 71.7 Å². The van der Waals surface area contributed by atoms with Gasteiger partial charge in [-0.2, -0.15) is 5.26 Å². The Morgan fingerprint density at radius 2 is 1.76 bits per heavy atom. The number of nitrogens with zero attached hydrogens (tertiary/aromatic N) is 6. The molecule has 2 fully saturated rings. The van der Waals surface area contributed by atoms with Gasteiger partial charge in [-0.1, -0.05) is 30.3 Å². The van der Waals surface area contributed by atoms with Crippen LogP contribution < -0.4 is 4.90 Å². The molecule has 2 aliphatic rings. The predicted octanol–water partition coefficient (Wildman–Crippen LogP) is 4.32. The summed E-state index contributed by atoms with van der Waals surface area (Å²) < 4.78 is 18.7. The molecular weight excluding hydrogens is 487 g/mol. The van der Waals surface area contributed by atoms with Gasteiger partial charge in [-0.25, -0.2) is 13.0 Å². The molecule has 3 heterocycles. The van der Waals surface area contributed by atoms with Crippen molar-refractivity contribution in [2.24, 2.45) is 0 Å². The summed E-state index contributed by atoms with van der Waals surface area (Å²) in [6.45, 7) is 3.95. The molecule has 2 aromatic carbocycles. The summed E-state index contributed by atoms with van der Waals surface area (Å²) in [7, 11) is 4.01. The first-order valence-electron chi connectivity index (χ1n) is 12.6. The maximum absolute atomic E-state index is 14.4. The Balaban J connectivity index is 1.45. The molecule has 7 nitrogen and oxygen atoms in total. The lowest BCUT2D eigenvalue weighted by molar-refractivity contribution is 0.0702. The molecule has 3 aromatic rings. The first kappa shape index (κ1) is 25.5. The Bertz CT molecular complexity index is 1310. The van der Waals surface area contributed by atoms with Gasteiger partial charge < -0.3 is 9.80 Å². The Morgan fingerprint density at radius 3 is 2.41 bits per heavy atom. The van der Waals surface area contributed by atoms with Crippen molar-refractivity contribution < 1.29 is 9.18 Å². The monoisotopic (exact) mass is 518 g/mol. The summed E-state index contributed by atoms with van der Waals surface area (Å²) in [5.41, 5.74) is 2.32. The first-order valence-corrected chi connectivity index (χ1v) is 13.3. The van der Waals surface area contributed by atoms with Gasteiger partial charge in [-0.05, 0) is 50.7 Å². The van der Waals surface area contributed by atoms with Gasteiger partial charge in [0.15, 0.2) is 0 Å². The molecule has 0 N–H and O–H groups in total. The number of benzene rings is 2. The number of rotatable bonds is 5. The number of amides is 1. The number of carbonyl (C=O) groups is 1. The van der Waals surface area contributed by atoms with Crippen LogP contribution in [0.1, 0.15) is 28.8 Å². The van der Waals surface area contributed by atoms with E-state index in [2.05, 4.69) is 20.3 Å². The van der Waals surface area contributed by atoms with Crippen LogP contribution >= 0.6 is 12.1 Å². The van der Waals surface area contributed by atoms with Crippen molar-refractivity contribution in [3.63, 3.8) is 0 Å². The second-order valence-electron chi connectivity index (χ2n) is 9.84. The molecule has 0 spiro atoms. The van der Waals surface area contributed by atoms with E-state index in [1.807, 2.05) is 53.6 Å². The van der Waals surface area contributed by atoms with Gasteiger partial charge in [-0.3, -0.25) is 9.78 Å². The molecule has 37 heavy (non-hydrogen) atoms. The van der Waals surface area contributed by atoms with Crippen LogP contribution in [0.3, 0.4) is 0 Å². The third kappa shape index (κ3) is 5.14. The highest BCUT2D eigenvalue weighted by molar-refractivity contribution is 7.94. The van der Waals surface area contributed by atoms with E-state index >= 15 is 0 Å². The molecule has 0 aliphatic carbocycles. The van der Waals surface area contributed by atoms with Crippen molar-refractivity contribution in [1.29, 1.82) is 5.26 Å². The number of fused-ring (bicyclic) bond motifs is 1. The molecule has 5 rings (SSSR count). The van der Waals surface area contributed by atoms with Crippen molar-refractivity contribution in [3.8, 4) is 6.07 Å². The zero-order valence-electron chi connectivity index (χ0n) is 21.2. The minimum Gasteiger partial charge on any atom is -0.370 e. The molecule has 9 heteroatoms. The lowest BCUT2D eigenvalue weighted by Crippen LogP contribution is -2.47. The van der Waals surface area contributed by atoms with E-state index in [0.29, 0.717) is 55.5 Å². The fourth-order valence-corrected chi connectivity index (χ4v) is 6.14. The highest BCUT2D eigenvalue weighted by Crippen LogP contribution is 2.39. The zero-order valence-corrected chi connectivity index (χ0v) is 22.0. The number of hydrogen-bond acceptors (Lipinski definition) is 7. The molecule has 0 unspecified atom stereocenters. The van der Waals surface area contributed by atoms with Gasteiger partial charge in [-0.15, -0.1) is 0 Å². The number of anilines is 1. The van der Waals surface area contributed by atoms with E-state index in [9.17, 15) is 14.4 Å². The van der Waals surface area contributed by atoms with Gasteiger partial charge >= 0.3 is 0 Å². The molecule has 2 saturated heterocycles. The first-order chi connectivity index (χ1) is 17.9. The molecule has 0 radical (unpaired) electrons.